The van der Waals surface area contributed by atoms with E-state index in [4.69, 9.17) is 4.74 Å². The van der Waals surface area contributed by atoms with E-state index >= 15 is 0 Å². The molecule has 1 heterocycles. The first-order valence-corrected chi connectivity index (χ1v) is 13.2. The molecular weight excluding hydrogens is 490 g/mol. The highest BCUT2D eigenvalue weighted by molar-refractivity contribution is 6.05. The highest BCUT2D eigenvalue weighted by Gasteiger charge is 2.38. The van der Waals surface area contributed by atoms with Gasteiger partial charge in [0.15, 0.2) is 0 Å². The molecule has 0 saturated heterocycles. The molecule has 39 heavy (non-hydrogen) atoms. The van der Waals surface area contributed by atoms with Crippen LogP contribution in [0.3, 0.4) is 0 Å². The molecule has 0 spiro atoms. The zero-order valence-corrected chi connectivity index (χ0v) is 22.2. The average molecular weight is 524 g/mol. The quantitative estimate of drug-likeness (QED) is 0.245. The maximum absolute atomic E-state index is 13.4. The number of urea groups is 1. The van der Waals surface area contributed by atoms with Gasteiger partial charge in [0, 0.05) is 18.3 Å². The Hall–Kier alpha value is -4.65. The Morgan fingerprint density at radius 3 is 2.38 bits per heavy atom. The Morgan fingerprint density at radius 2 is 1.69 bits per heavy atom. The first kappa shape index (κ1) is 27.4. The van der Waals surface area contributed by atoms with Crippen molar-refractivity contribution in [1.29, 1.82) is 0 Å². The van der Waals surface area contributed by atoms with E-state index in [1.54, 1.807) is 36.1 Å². The smallest absolute Gasteiger partial charge is 0.338 e. The first-order valence-electron chi connectivity index (χ1n) is 13.2. The molecule has 1 aliphatic heterocycles. The molecule has 4 rings (SSSR count). The van der Waals surface area contributed by atoms with Crippen molar-refractivity contribution in [2.45, 2.75) is 32.7 Å². The number of carbonyl (C=O) groups excluding carboxylic acids is 3. The molecule has 1 atom stereocenters. The normalized spacial score (nSPS) is 15.3. The predicted octanol–water partition coefficient (Wildman–Crippen LogP) is 6.18. The van der Waals surface area contributed by atoms with Crippen molar-refractivity contribution < 1.29 is 19.1 Å². The number of nitrogens with one attached hydrogen (secondary N) is 2. The van der Waals surface area contributed by atoms with Gasteiger partial charge in [0.25, 0.3) is 0 Å². The third-order valence-corrected chi connectivity index (χ3v) is 6.32. The Bertz CT molecular complexity index is 1370. The van der Waals surface area contributed by atoms with E-state index in [2.05, 4.69) is 17.6 Å². The zero-order chi connectivity index (χ0) is 27.6. The van der Waals surface area contributed by atoms with Crippen LogP contribution in [0.1, 0.15) is 49.4 Å². The summed E-state index contributed by atoms with van der Waals surface area (Å²) in [7, 11) is 0. The summed E-state index contributed by atoms with van der Waals surface area (Å²) in [5, 5.41) is 5.88. The third kappa shape index (κ3) is 6.82. The fraction of sp³-hybridized carbons (Fsp3) is 0.219. The summed E-state index contributed by atoms with van der Waals surface area (Å²) in [5.41, 5.74) is 3.76. The number of carbonyl (C=O) groups is 3. The summed E-state index contributed by atoms with van der Waals surface area (Å²) >= 11 is 0. The van der Waals surface area contributed by atoms with Crippen molar-refractivity contribution in [2.24, 2.45) is 0 Å². The highest BCUT2D eigenvalue weighted by Crippen LogP contribution is 2.37. The van der Waals surface area contributed by atoms with Gasteiger partial charge in [-0.3, -0.25) is 9.69 Å². The maximum Gasteiger partial charge on any atom is 0.338 e. The number of rotatable bonds is 10. The van der Waals surface area contributed by atoms with Crippen molar-refractivity contribution in [3.63, 3.8) is 0 Å². The number of hydrogen-bond donors (Lipinski definition) is 2. The average Bonchev–Trinajstić information content (AvgIpc) is 2.96. The molecule has 0 saturated carbocycles. The molecule has 2 N–H and O–H groups in total. The molecule has 3 aromatic carbocycles. The monoisotopic (exact) mass is 523 g/mol. The fourth-order valence-electron chi connectivity index (χ4n) is 4.48. The highest BCUT2D eigenvalue weighted by atomic mass is 16.5. The van der Waals surface area contributed by atoms with E-state index in [0.717, 1.165) is 24.0 Å². The molecule has 200 valence electrons. The second kappa shape index (κ2) is 13.2. The second-order valence-electron chi connectivity index (χ2n) is 9.10. The Kier molecular flexibility index (Phi) is 9.29. The van der Waals surface area contributed by atoms with Crippen LogP contribution >= 0.6 is 0 Å². The lowest BCUT2D eigenvalue weighted by Crippen LogP contribution is -2.48. The molecule has 7 nitrogen and oxygen atoms in total. The van der Waals surface area contributed by atoms with Crippen molar-refractivity contribution in [3.05, 3.63) is 113 Å². The number of hydrogen-bond acceptors (Lipinski definition) is 4. The molecular formula is C32H33N3O4. The lowest BCUT2D eigenvalue weighted by Gasteiger charge is -2.37. The molecule has 0 bridgehead atoms. The van der Waals surface area contributed by atoms with Crippen LogP contribution in [-0.4, -0.2) is 36.0 Å². The minimum Gasteiger partial charge on any atom is -0.463 e. The number of benzene rings is 3. The molecule has 0 radical (unpaired) electrons. The number of unbranched alkanes of at least 4 members (excludes halogenated alkanes) is 1. The van der Waals surface area contributed by atoms with Crippen LogP contribution in [0.15, 0.2) is 96.6 Å². The van der Waals surface area contributed by atoms with Crippen molar-refractivity contribution in [1.82, 2.24) is 10.2 Å². The van der Waals surface area contributed by atoms with Gasteiger partial charge in [0.05, 0.1) is 23.9 Å². The zero-order valence-electron chi connectivity index (χ0n) is 22.2. The number of nitrogens with zero attached hydrogens (tertiary/aromatic N) is 1. The molecule has 3 aromatic rings. The van der Waals surface area contributed by atoms with E-state index in [-0.39, 0.29) is 18.5 Å². The minimum absolute atomic E-state index is 0.198. The van der Waals surface area contributed by atoms with Gasteiger partial charge in [0.1, 0.15) is 0 Å². The van der Waals surface area contributed by atoms with Gasteiger partial charge in [-0.2, -0.15) is 0 Å². The molecule has 0 aromatic heterocycles. The van der Waals surface area contributed by atoms with Crippen LogP contribution in [0.4, 0.5) is 10.5 Å². The number of anilines is 1. The third-order valence-electron chi connectivity index (χ3n) is 6.32. The number of esters is 1. The largest absolute Gasteiger partial charge is 0.463 e. The predicted molar refractivity (Wildman–Crippen MR) is 153 cm³/mol. The van der Waals surface area contributed by atoms with E-state index < -0.39 is 12.0 Å². The van der Waals surface area contributed by atoms with Gasteiger partial charge in [0.2, 0.25) is 5.91 Å². The molecule has 7 heteroatoms. The van der Waals surface area contributed by atoms with Crippen LogP contribution in [0.25, 0.3) is 11.8 Å². The lowest BCUT2D eigenvalue weighted by molar-refractivity contribution is -0.139. The topological polar surface area (TPSA) is 87.7 Å². The van der Waals surface area contributed by atoms with Crippen molar-refractivity contribution in [3.8, 4) is 0 Å². The van der Waals surface area contributed by atoms with E-state index in [1.165, 1.54) is 6.08 Å². The summed E-state index contributed by atoms with van der Waals surface area (Å²) in [6.07, 6.45) is 4.87. The number of amides is 3. The SMILES string of the molecule is CCCCN1C(=O)NC(c2cccc(NC(=O)/C=C/c3ccccc3)c2)C(C(=O)OCC)=C1c1ccccc1. The van der Waals surface area contributed by atoms with Crippen molar-refractivity contribution >= 4 is 35.4 Å². The molecule has 3 amide bonds. The molecule has 0 aliphatic carbocycles. The summed E-state index contributed by atoms with van der Waals surface area (Å²) in [6.45, 7) is 4.47. The maximum atomic E-state index is 13.4. The van der Waals surface area contributed by atoms with Gasteiger partial charge >= 0.3 is 12.0 Å². The lowest BCUT2D eigenvalue weighted by atomic mass is 9.91. The minimum atomic E-state index is -0.763. The van der Waals surface area contributed by atoms with Gasteiger partial charge in [-0.05, 0) is 48.2 Å². The summed E-state index contributed by atoms with van der Waals surface area (Å²) in [4.78, 5) is 41.1. The summed E-state index contributed by atoms with van der Waals surface area (Å²) < 4.78 is 5.49. The summed E-state index contributed by atoms with van der Waals surface area (Å²) in [6, 6.07) is 25.1. The Labute approximate surface area is 229 Å². The molecule has 1 unspecified atom stereocenters. The second-order valence-corrected chi connectivity index (χ2v) is 9.10. The van der Waals surface area contributed by atoms with Crippen LogP contribution in [0.5, 0.6) is 0 Å². The van der Waals surface area contributed by atoms with Gasteiger partial charge in [-0.1, -0.05) is 86.1 Å². The molecule has 0 fully saturated rings. The van der Waals surface area contributed by atoms with Gasteiger partial charge < -0.3 is 15.4 Å². The van der Waals surface area contributed by atoms with Crippen molar-refractivity contribution in [2.75, 3.05) is 18.5 Å². The first-order chi connectivity index (χ1) is 19.0. The van der Waals surface area contributed by atoms with E-state index in [0.29, 0.717) is 29.1 Å². The van der Waals surface area contributed by atoms with Crippen LogP contribution in [0.2, 0.25) is 0 Å². The fourth-order valence-corrected chi connectivity index (χ4v) is 4.48. The Morgan fingerprint density at radius 1 is 0.974 bits per heavy atom. The molecule has 1 aliphatic rings. The van der Waals surface area contributed by atoms with Crippen LogP contribution < -0.4 is 10.6 Å². The number of ether oxygens (including phenoxy) is 1. The Balaban J connectivity index is 1.72. The van der Waals surface area contributed by atoms with E-state index in [9.17, 15) is 14.4 Å². The standard InChI is InChI=1S/C32H33N3O4/c1-3-5-21-35-30(24-15-10-7-11-16-24)28(31(37)39-4-2)29(34-32(35)38)25-17-12-18-26(22-25)33-27(36)20-19-23-13-8-6-9-14-23/h6-20,22,29H,3-5,21H2,1-2H3,(H,33,36)(H,34,38)/b20-19+. The van der Waals surface area contributed by atoms with Crippen LogP contribution in [-0.2, 0) is 14.3 Å². The van der Waals surface area contributed by atoms with E-state index in [1.807, 2.05) is 66.7 Å². The summed E-state index contributed by atoms with van der Waals surface area (Å²) in [5.74, 6) is -0.788. The van der Waals surface area contributed by atoms with Gasteiger partial charge in [-0.25, -0.2) is 9.59 Å². The van der Waals surface area contributed by atoms with Gasteiger partial charge in [-0.15, -0.1) is 0 Å². The van der Waals surface area contributed by atoms with Crippen LogP contribution in [0, 0.1) is 0 Å².